The van der Waals surface area contributed by atoms with Crippen LogP contribution in [0.25, 0.3) is 22.4 Å². The molecule has 2 aromatic carbocycles. The minimum atomic E-state index is -0.454. The van der Waals surface area contributed by atoms with Gasteiger partial charge in [-0.25, -0.2) is 9.78 Å². The fraction of sp³-hybridized carbons (Fsp3) is 0.136. The van der Waals surface area contributed by atoms with Crippen LogP contribution in [0.5, 0.6) is 5.75 Å². The molecule has 0 atom stereocenters. The van der Waals surface area contributed by atoms with Gasteiger partial charge in [0.05, 0.1) is 19.3 Å². The minimum absolute atomic E-state index is 0.324. The zero-order chi connectivity index (χ0) is 21.1. The molecule has 0 aliphatic carbocycles. The number of para-hydroxylation sites is 1. The van der Waals surface area contributed by atoms with Crippen LogP contribution < -0.4 is 10.1 Å². The molecule has 0 saturated carbocycles. The van der Waals surface area contributed by atoms with E-state index in [0.717, 1.165) is 5.39 Å². The van der Waals surface area contributed by atoms with Crippen molar-refractivity contribution in [3.63, 3.8) is 0 Å². The van der Waals surface area contributed by atoms with Crippen LogP contribution in [0.3, 0.4) is 0 Å². The molecule has 4 rings (SSSR count). The number of carbonyl (C=O) groups excluding carboxylic acids is 2. The first-order valence-electron chi connectivity index (χ1n) is 9.20. The Bertz CT molecular complexity index is 1210. The highest BCUT2D eigenvalue weighted by molar-refractivity contribution is 7.14. The number of thiazole rings is 1. The number of aromatic nitrogens is 1. The zero-order valence-electron chi connectivity index (χ0n) is 16.3. The zero-order valence-corrected chi connectivity index (χ0v) is 17.1. The SMILES string of the molecule is CCOc1cccc2cc(-c3csc(NC(=O)c4ccc(C(=O)OC)cc4)n3)oc12. The number of methoxy groups -OCH3 is 1. The maximum atomic E-state index is 12.5. The number of nitrogens with zero attached hydrogens (tertiary/aromatic N) is 1. The summed E-state index contributed by atoms with van der Waals surface area (Å²) < 4.78 is 16.2. The second-order valence-corrected chi connectivity index (χ2v) is 7.14. The van der Waals surface area contributed by atoms with E-state index in [4.69, 9.17) is 9.15 Å². The van der Waals surface area contributed by atoms with E-state index in [2.05, 4.69) is 15.0 Å². The third-order valence-corrected chi connectivity index (χ3v) is 5.11. The predicted molar refractivity (Wildman–Crippen MR) is 114 cm³/mol. The van der Waals surface area contributed by atoms with Gasteiger partial charge in [-0.2, -0.15) is 0 Å². The standard InChI is InChI=1S/C22H18N2O5S/c1-3-28-17-6-4-5-15-11-18(29-19(15)17)16-12-30-22(23-16)24-20(25)13-7-9-14(10-8-13)21(26)27-2/h4-12H,3H2,1-2H3,(H,23,24,25). The summed E-state index contributed by atoms with van der Waals surface area (Å²) in [7, 11) is 1.31. The predicted octanol–water partition coefficient (Wildman–Crippen LogP) is 4.99. The Balaban J connectivity index is 1.51. The minimum Gasteiger partial charge on any atom is -0.490 e. The molecular weight excluding hydrogens is 404 g/mol. The van der Waals surface area contributed by atoms with Gasteiger partial charge < -0.3 is 13.9 Å². The fourth-order valence-electron chi connectivity index (χ4n) is 2.92. The number of nitrogens with one attached hydrogen (secondary N) is 1. The molecule has 8 heteroatoms. The molecule has 1 amide bonds. The number of amides is 1. The molecule has 30 heavy (non-hydrogen) atoms. The maximum absolute atomic E-state index is 12.5. The molecule has 0 radical (unpaired) electrons. The average molecular weight is 422 g/mol. The number of furan rings is 1. The first-order chi connectivity index (χ1) is 14.6. The highest BCUT2D eigenvalue weighted by Gasteiger charge is 2.15. The Kier molecular flexibility index (Phi) is 5.49. The summed E-state index contributed by atoms with van der Waals surface area (Å²) in [5.74, 6) is 0.497. The molecule has 0 aliphatic rings. The van der Waals surface area contributed by atoms with Gasteiger partial charge >= 0.3 is 5.97 Å². The Morgan fingerprint density at radius 2 is 1.90 bits per heavy atom. The maximum Gasteiger partial charge on any atom is 0.337 e. The van der Waals surface area contributed by atoms with Crippen molar-refractivity contribution in [3.8, 4) is 17.2 Å². The van der Waals surface area contributed by atoms with E-state index < -0.39 is 5.97 Å². The number of anilines is 1. The molecule has 0 bridgehead atoms. The van der Waals surface area contributed by atoms with Crippen LogP contribution in [-0.2, 0) is 4.74 Å². The van der Waals surface area contributed by atoms with E-state index in [1.54, 1.807) is 24.3 Å². The first kappa shape index (κ1) is 19.7. The van der Waals surface area contributed by atoms with Gasteiger partial charge in [0.25, 0.3) is 5.91 Å². The smallest absolute Gasteiger partial charge is 0.337 e. The van der Waals surface area contributed by atoms with Crippen LogP contribution in [0.1, 0.15) is 27.6 Å². The van der Waals surface area contributed by atoms with E-state index in [9.17, 15) is 9.59 Å². The van der Waals surface area contributed by atoms with Crippen molar-refractivity contribution in [1.82, 2.24) is 4.98 Å². The number of ether oxygens (including phenoxy) is 2. The van der Waals surface area contributed by atoms with Crippen molar-refractivity contribution in [1.29, 1.82) is 0 Å². The van der Waals surface area contributed by atoms with Gasteiger partial charge in [0.15, 0.2) is 22.2 Å². The van der Waals surface area contributed by atoms with E-state index in [1.165, 1.54) is 18.4 Å². The summed E-state index contributed by atoms with van der Waals surface area (Å²) in [6, 6.07) is 13.8. The van der Waals surface area contributed by atoms with Crippen molar-refractivity contribution in [2.75, 3.05) is 19.0 Å². The lowest BCUT2D eigenvalue weighted by molar-refractivity contribution is 0.0600. The summed E-state index contributed by atoms with van der Waals surface area (Å²) in [5, 5.41) is 5.93. The third kappa shape index (κ3) is 3.90. The van der Waals surface area contributed by atoms with Gasteiger partial charge in [-0.3, -0.25) is 10.1 Å². The van der Waals surface area contributed by atoms with E-state index in [0.29, 0.717) is 45.7 Å². The summed E-state index contributed by atoms with van der Waals surface area (Å²) >= 11 is 1.29. The summed E-state index contributed by atoms with van der Waals surface area (Å²) in [6.45, 7) is 2.46. The van der Waals surface area contributed by atoms with Crippen molar-refractivity contribution in [2.24, 2.45) is 0 Å². The number of hydrogen-bond donors (Lipinski definition) is 1. The molecular formula is C22H18N2O5S. The Hall–Kier alpha value is -3.65. The number of carbonyl (C=O) groups is 2. The Morgan fingerprint density at radius 1 is 1.13 bits per heavy atom. The molecule has 0 spiro atoms. The van der Waals surface area contributed by atoms with Crippen LogP contribution in [0.4, 0.5) is 5.13 Å². The molecule has 152 valence electrons. The third-order valence-electron chi connectivity index (χ3n) is 4.35. The van der Waals surface area contributed by atoms with Crippen LogP contribution in [-0.4, -0.2) is 30.6 Å². The fourth-order valence-corrected chi connectivity index (χ4v) is 3.62. The van der Waals surface area contributed by atoms with E-state index in [-0.39, 0.29) is 5.91 Å². The molecule has 4 aromatic rings. The molecule has 2 heterocycles. The van der Waals surface area contributed by atoms with Crippen LogP contribution in [0.2, 0.25) is 0 Å². The lowest BCUT2D eigenvalue weighted by atomic mass is 10.1. The highest BCUT2D eigenvalue weighted by atomic mass is 32.1. The van der Waals surface area contributed by atoms with E-state index in [1.807, 2.05) is 36.6 Å². The van der Waals surface area contributed by atoms with Crippen molar-refractivity contribution in [3.05, 3.63) is 65.0 Å². The van der Waals surface area contributed by atoms with Gasteiger partial charge in [0, 0.05) is 16.3 Å². The van der Waals surface area contributed by atoms with E-state index >= 15 is 0 Å². The van der Waals surface area contributed by atoms with Gasteiger partial charge in [0.1, 0.15) is 5.69 Å². The quantitative estimate of drug-likeness (QED) is 0.440. The van der Waals surface area contributed by atoms with Crippen molar-refractivity contribution >= 4 is 39.3 Å². The molecule has 2 aromatic heterocycles. The molecule has 0 fully saturated rings. The molecule has 1 N–H and O–H groups in total. The summed E-state index contributed by atoms with van der Waals surface area (Å²) in [4.78, 5) is 28.4. The Labute approximate surface area is 176 Å². The lowest BCUT2D eigenvalue weighted by Gasteiger charge is -2.03. The monoisotopic (exact) mass is 422 g/mol. The Morgan fingerprint density at radius 3 is 2.63 bits per heavy atom. The van der Waals surface area contributed by atoms with Gasteiger partial charge in [-0.15, -0.1) is 11.3 Å². The largest absolute Gasteiger partial charge is 0.490 e. The van der Waals surface area contributed by atoms with Crippen molar-refractivity contribution in [2.45, 2.75) is 6.92 Å². The number of fused-ring (bicyclic) bond motifs is 1. The normalized spacial score (nSPS) is 10.7. The lowest BCUT2D eigenvalue weighted by Crippen LogP contribution is -2.12. The summed E-state index contributed by atoms with van der Waals surface area (Å²) in [6.07, 6.45) is 0. The van der Waals surface area contributed by atoms with Gasteiger partial charge in [-0.1, -0.05) is 12.1 Å². The first-order valence-corrected chi connectivity index (χ1v) is 10.1. The molecule has 7 nitrogen and oxygen atoms in total. The second-order valence-electron chi connectivity index (χ2n) is 6.28. The highest BCUT2D eigenvalue weighted by Crippen LogP contribution is 2.34. The van der Waals surface area contributed by atoms with Crippen LogP contribution >= 0.6 is 11.3 Å². The van der Waals surface area contributed by atoms with Crippen LogP contribution in [0, 0.1) is 0 Å². The van der Waals surface area contributed by atoms with Crippen molar-refractivity contribution < 1.29 is 23.5 Å². The van der Waals surface area contributed by atoms with Crippen LogP contribution in [0.15, 0.2) is 58.3 Å². The number of hydrogen-bond acceptors (Lipinski definition) is 7. The molecule has 0 unspecified atom stereocenters. The number of rotatable bonds is 6. The topological polar surface area (TPSA) is 90.7 Å². The molecule has 0 saturated heterocycles. The number of esters is 1. The second kappa shape index (κ2) is 8.38. The molecule has 0 aliphatic heterocycles. The van der Waals surface area contributed by atoms with Gasteiger partial charge in [-0.05, 0) is 43.3 Å². The summed E-state index contributed by atoms with van der Waals surface area (Å²) in [5.41, 5.74) is 2.07. The number of benzene rings is 2. The average Bonchev–Trinajstić information content (AvgIpc) is 3.41. The van der Waals surface area contributed by atoms with Gasteiger partial charge in [0.2, 0.25) is 0 Å².